The maximum absolute atomic E-state index is 11.4. The fourth-order valence-corrected chi connectivity index (χ4v) is 1.68. The van der Waals surface area contributed by atoms with Crippen molar-refractivity contribution >= 4 is 5.91 Å². The molecule has 1 aliphatic heterocycles. The first-order chi connectivity index (χ1) is 7.69. The van der Waals surface area contributed by atoms with Crippen LogP contribution in [-0.4, -0.2) is 48.4 Å². The Morgan fingerprint density at radius 3 is 2.59 bits per heavy atom. The number of carbonyl (C=O) groups is 1. The molecule has 1 heterocycles. The third-order valence-electron chi connectivity index (χ3n) is 2.44. The van der Waals surface area contributed by atoms with Gasteiger partial charge in [-0.1, -0.05) is 13.8 Å². The van der Waals surface area contributed by atoms with Crippen LogP contribution in [0.2, 0.25) is 0 Å². The zero-order chi connectivity index (χ0) is 12.6. The molecule has 0 N–H and O–H groups in total. The molecular weight excluding hydrogens is 388 g/mol. The second kappa shape index (κ2) is 10.5. The molecule has 1 amide bonds. The Labute approximate surface area is 118 Å². The van der Waals surface area contributed by atoms with Gasteiger partial charge < -0.3 is 14.6 Å². The van der Waals surface area contributed by atoms with Gasteiger partial charge in [-0.2, -0.15) is 11.3 Å². The molecule has 1 unspecified atom stereocenters. The molecule has 1 radical (unpaired) electrons. The first kappa shape index (κ1) is 18.7. The van der Waals surface area contributed by atoms with Gasteiger partial charge in [0, 0.05) is 46.1 Å². The second-order valence-corrected chi connectivity index (χ2v) is 3.48. The van der Waals surface area contributed by atoms with Crippen LogP contribution in [0, 0.1) is 17.9 Å². The van der Waals surface area contributed by atoms with Crippen molar-refractivity contribution in [3.05, 3.63) is 12.7 Å². The van der Waals surface area contributed by atoms with E-state index in [1.54, 1.807) is 4.90 Å². The Morgan fingerprint density at radius 2 is 2.12 bits per heavy atom. The van der Waals surface area contributed by atoms with Crippen LogP contribution in [0.15, 0.2) is 6.08 Å². The van der Waals surface area contributed by atoms with E-state index in [2.05, 4.69) is 11.0 Å². The Balaban J connectivity index is 0. The van der Waals surface area contributed by atoms with Crippen LogP contribution >= 0.6 is 0 Å². The summed E-state index contributed by atoms with van der Waals surface area (Å²) in [6, 6.07) is 2.07. The van der Waals surface area contributed by atoms with Gasteiger partial charge in [0.15, 0.2) is 0 Å². The molecule has 1 fully saturated rings. The number of hydrogen-bond donors (Lipinski definition) is 0. The van der Waals surface area contributed by atoms with Gasteiger partial charge in [-0.25, -0.2) is 0 Å². The predicted molar refractivity (Wildman–Crippen MR) is 63.4 cm³/mol. The van der Waals surface area contributed by atoms with Crippen LogP contribution in [0.5, 0.6) is 0 Å². The van der Waals surface area contributed by atoms with Crippen molar-refractivity contribution in [1.82, 2.24) is 9.80 Å². The van der Waals surface area contributed by atoms with Crippen molar-refractivity contribution < 1.29 is 25.2 Å². The molecule has 0 spiro atoms. The Morgan fingerprint density at radius 1 is 1.53 bits per heavy atom. The molecular formula is C12H20N3ORe-. The molecule has 0 aromatic rings. The van der Waals surface area contributed by atoms with Gasteiger partial charge in [0.2, 0.25) is 0 Å². The fraction of sp³-hybridized carbons (Fsp3) is 0.667. The number of piperazine rings is 1. The smallest absolute Gasteiger partial charge is 0.0870 e. The minimum atomic E-state index is -0.182. The molecule has 4 nitrogen and oxygen atoms in total. The molecule has 0 bridgehead atoms. The molecule has 0 aromatic carbocycles. The Hall–Kier alpha value is -0.678. The quantitative estimate of drug-likeness (QED) is 0.507. The average molecular weight is 409 g/mol. The van der Waals surface area contributed by atoms with Crippen LogP contribution < -0.4 is 0 Å². The summed E-state index contributed by atoms with van der Waals surface area (Å²) >= 11 is 0. The molecule has 1 saturated heterocycles. The summed E-state index contributed by atoms with van der Waals surface area (Å²) < 4.78 is 0. The third kappa shape index (κ3) is 5.98. The van der Waals surface area contributed by atoms with Gasteiger partial charge in [0.05, 0.1) is 18.4 Å². The first-order valence-electron chi connectivity index (χ1n) is 5.60. The van der Waals surface area contributed by atoms with E-state index >= 15 is 0 Å². The van der Waals surface area contributed by atoms with Gasteiger partial charge in [0.1, 0.15) is 0 Å². The van der Waals surface area contributed by atoms with Crippen LogP contribution in [0.4, 0.5) is 0 Å². The molecule has 0 aliphatic carbocycles. The van der Waals surface area contributed by atoms with Crippen LogP contribution in [0.3, 0.4) is 0 Å². The normalized spacial score (nSPS) is 19.2. The maximum Gasteiger partial charge on any atom is 0.0870 e. The monoisotopic (exact) mass is 409 g/mol. The Kier molecular flexibility index (Phi) is 11.5. The standard InChI is InChI=1S/C10H14N3O.C2H6.Re/c1-3-10(14)13-7-6-12(2)8-9(13)4-5-11;1-2;/h1,3,9H,4,6-8H2,2H3;1-2H3;/q-1;;. The van der Waals surface area contributed by atoms with Gasteiger partial charge >= 0.3 is 0 Å². The number of nitrogens with zero attached hydrogens (tertiary/aromatic N) is 3. The molecule has 5 heteroatoms. The van der Waals surface area contributed by atoms with E-state index in [0.29, 0.717) is 13.0 Å². The minimum absolute atomic E-state index is 0. The summed E-state index contributed by atoms with van der Waals surface area (Å²) in [4.78, 5) is 15.2. The number of carbonyl (C=O) groups excluding carboxylic acids is 1. The summed E-state index contributed by atoms with van der Waals surface area (Å²) in [5, 5.41) is 8.63. The molecule has 0 saturated carbocycles. The van der Waals surface area contributed by atoms with Crippen LogP contribution in [0.25, 0.3) is 0 Å². The number of rotatable bonds is 2. The van der Waals surface area contributed by atoms with E-state index in [1.165, 1.54) is 0 Å². The number of nitriles is 1. The summed E-state index contributed by atoms with van der Waals surface area (Å²) in [6.45, 7) is 11.4. The second-order valence-electron chi connectivity index (χ2n) is 3.48. The summed E-state index contributed by atoms with van der Waals surface area (Å²) in [6.07, 6.45) is 1.43. The number of hydrogen-bond acceptors (Lipinski definition) is 3. The molecule has 1 atom stereocenters. The van der Waals surface area contributed by atoms with Gasteiger partial charge in [-0.05, 0) is 7.05 Å². The van der Waals surface area contributed by atoms with Crippen molar-refractivity contribution in [3.63, 3.8) is 0 Å². The topological polar surface area (TPSA) is 47.3 Å². The molecule has 17 heavy (non-hydrogen) atoms. The number of likely N-dealkylation sites (N-methyl/N-ethyl adjacent to an activating group) is 1. The largest absolute Gasteiger partial charge is 0.411 e. The minimum Gasteiger partial charge on any atom is -0.411 e. The van der Waals surface area contributed by atoms with Crippen molar-refractivity contribution in [1.29, 1.82) is 5.26 Å². The molecule has 0 aromatic heterocycles. The molecule has 1 rings (SSSR count). The van der Waals surface area contributed by atoms with Crippen molar-refractivity contribution in [2.75, 3.05) is 26.7 Å². The number of amides is 1. The summed E-state index contributed by atoms with van der Waals surface area (Å²) in [5.41, 5.74) is 0. The van der Waals surface area contributed by atoms with Crippen molar-refractivity contribution in [2.45, 2.75) is 26.3 Å². The van der Waals surface area contributed by atoms with E-state index in [-0.39, 0.29) is 32.4 Å². The molecule has 1 aliphatic rings. The summed E-state index contributed by atoms with van der Waals surface area (Å²) in [7, 11) is 1.98. The zero-order valence-electron chi connectivity index (χ0n) is 10.7. The average Bonchev–Trinajstić information content (AvgIpc) is 2.31. The van der Waals surface area contributed by atoms with Gasteiger partial charge in [-0.15, -0.1) is 0 Å². The first-order valence-corrected chi connectivity index (χ1v) is 5.60. The van der Waals surface area contributed by atoms with E-state index in [0.717, 1.165) is 19.2 Å². The van der Waals surface area contributed by atoms with Gasteiger partial charge in [0.25, 0.3) is 0 Å². The zero-order valence-corrected chi connectivity index (χ0v) is 13.4. The van der Waals surface area contributed by atoms with Crippen molar-refractivity contribution in [2.24, 2.45) is 0 Å². The van der Waals surface area contributed by atoms with E-state index in [1.807, 2.05) is 20.9 Å². The summed E-state index contributed by atoms with van der Waals surface area (Å²) in [5.74, 6) is -0.182. The fourth-order valence-electron chi connectivity index (χ4n) is 1.68. The van der Waals surface area contributed by atoms with Crippen LogP contribution in [-0.2, 0) is 25.2 Å². The van der Waals surface area contributed by atoms with Crippen LogP contribution in [0.1, 0.15) is 20.3 Å². The van der Waals surface area contributed by atoms with E-state index in [9.17, 15) is 4.79 Å². The maximum atomic E-state index is 11.4. The van der Waals surface area contributed by atoms with E-state index in [4.69, 9.17) is 11.8 Å². The Bertz CT molecular complexity index is 275. The SMILES string of the molecule is CC.[CH-]=CC(=O)N1CCN(C)CC1CC#N.[Re]. The van der Waals surface area contributed by atoms with E-state index < -0.39 is 0 Å². The van der Waals surface area contributed by atoms with Gasteiger partial charge in [-0.3, -0.25) is 6.58 Å². The third-order valence-corrected chi connectivity index (χ3v) is 2.44. The predicted octanol–water partition coefficient (Wildman–Crippen LogP) is 1.06. The molecule has 97 valence electrons. The van der Waals surface area contributed by atoms with Crippen molar-refractivity contribution in [3.8, 4) is 6.07 Å².